The van der Waals surface area contributed by atoms with E-state index in [2.05, 4.69) is 15.0 Å². The normalized spacial score (nSPS) is 11.3. The number of halogens is 3. The van der Waals surface area contributed by atoms with Gasteiger partial charge in [0.25, 0.3) is 5.91 Å². The maximum atomic E-state index is 11.7. The number of hydrogen-bond donors (Lipinski definition) is 1. The van der Waals surface area contributed by atoms with Gasteiger partial charge in [-0.05, 0) is 19.1 Å². The van der Waals surface area contributed by atoms with Crippen LogP contribution in [0, 0.1) is 6.92 Å². The zero-order chi connectivity index (χ0) is 13.6. The van der Waals surface area contributed by atoms with Gasteiger partial charge in [-0.3, -0.25) is 9.78 Å². The van der Waals surface area contributed by atoms with Gasteiger partial charge < -0.3 is 10.1 Å². The minimum Gasteiger partial charge on any atom is -0.370 e. The predicted octanol–water partition coefficient (Wildman–Crippen LogP) is 1.70. The van der Waals surface area contributed by atoms with Gasteiger partial charge >= 0.3 is 6.18 Å². The number of pyridine rings is 1. The highest BCUT2D eigenvalue weighted by atomic mass is 19.4. The molecule has 0 spiro atoms. The zero-order valence-corrected chi connectivity index (χ0v) is 9.75. The number of nitrogens with zero attached hydrogens (tertiary/aromatic N) is 1. The van der Waals surface area contributed by atoms with E-state index in [1.54, 1.807) is 19.1 Å². The van der Waals surface area contributed by atoms with Crippen LogP contribution in [0.25, 0.3) is 0 Å². The van der Waals surface area contributed by atoms with Gasteiger partial charge in [0.1, 0.15) is 6.61 Å². The van der Waals surface area contributed by atoms with Crippen molar-refractivity contribution in [2.75, 3.05) is 19.8 Å². The van der Waals surface area contributed by atoms with E-state index >= 15 is 0 Å². The highest BCUT2D eigenvalue weighted by molar-refractivity contribution is 5.93. The van der Waals surface area contributed by atoms with Crippen molar-refractivity contribution >= 4 is 5.91 Å². The number of alkyl halides is 3. The molecule has 0 aliphatic rings. The molecule has 0 saturated carbocycles. The topological polar surface area (TPSA) is 51.2 Å². The summed E-state index contributed by atoms with van der Waals surface area (Å²) in [6, 6.07) is 3.27. The smallest absolute Gasteiger partial charge is 0.370 e. The summed E-state index contributed by atoms with van der Waals surface area (Å²) in [7, 11) is 0. The van der Waals surface area contributed by atoms with E-state index in [-0.39, 0.29) is 13.2 Å². The van der Waals surface area contributed by atoms with Crippen molar-refractivity contribution in [1.82, 2.24) is 10.3 Å². The highest BCUT2D eigenvalue weighted by Crippen LogP contribution is 2.13. The summed E-state index contributed by atoms with van der Waals surface area (Å²) in [5, 5.41) is 2.43. The van der Waals surface area contributed by atoms with E-state index in [0.717, 1.165) is 5.69 Å². The molecule has 100 valence electrons. The van der Waals surface area contributed by atoms with E-state index in [1.165, 1.54) is 6.20 Å². The van der Waals surface area contributed by atoms with E-state index in [4.69, 9.17) is 0 Å². The minimum absolute atomic E-state index is 0.0167. The fraction of sp³-hybridized carbons (Fsp3) is 0.455. The molecule has 1 amide bonds. The number of ether oxygens (including phenoxy) is 1. The van der Waals surface area contributed by atoms with E-state index in [9.17, 15) is 18.0 Å². The van der Waals surface area contributed by atoms with E-state index in [0.29, 0.717) is 5.56 Å². The second-order valence-electron chi connectivity index (χ2n) is 3.61. The lowest BCUT2D eigenvalue weighted by atomic mass is 10.2. The first-order chi connectivity index (χ1) is 8.38. The van der Waals surface area contributed by atoms with Gasteiger partial charge in [-0.15, -0.1) is 0 Å². The minimum atomic E-state index is -4.34. The second kappa shape index (κ2) is 6.34. The molecule has 1 rings (SSSR count). The molecule has 1 N–H and O–H groups in total. The van der Waals surface area contributed by atoms with Crippen molar-refractivity contribution in [1.29, 1.82) is 0 Å². The molecule has 7 heteroatoms. The van der Waals surface area contributed by atoms with Gasteiger partial charge in [0.2, 0.25) is 0 Å². The fourth-order valence-electron chi connectivity index (χ4n) is 1.13. The Morgan fingerprint density at radius 3 is 2.72 bits per heavy atom. The quantitative estimate of drug-likeness (QED) is 0.822. The van der Waals surface area contributed by atoms with Crippen LogP contribution in [0.5, 0.6) is 0 Å². The monoisotopic (exact) mass is 262 g/mol. The fourth-order valence-corrected chi connectivity index (χ4v) is 1.13. The third-order valence-electron chi connectivity index (χ3n) is 1.97. The van der Waals surface area contributed by atoms with Crippen LogP contribution in [0.1, 0.15) is 16.1 Å². The summed E-state index contributed by atoms with van der Waals surface area (Å²) < 4.78 is 39.5. The number of rotatable bonds is 5. The lowest BCUT2D eigenvalue weighted by molar-refractivity contribution is -0.173. The van der Waals surface area contributed by atoms with E-state index in [1.807, 2.05) is 0 Å². The van der Waals surface area contributed by atoms with Gasteiger partial charge in [-0.1, -0.05) is 0 Å². The Morgan fingerprint density at radius 1 is 1.44 bits per heavy atom. The number of amides is 1. The average Bonchev–Trinajstić information content (AvgIpc) is 2.27. The van der Waals surface area contributed by atoms with Crippen molar-refractivity contribution < 1.29 is 22.7 Å². The lowest BCUT2D eigenvalue weighted by Crippen LogP contribution is -2.28. The lowest BCUT2D eigenvalue weighted by Gasteiger charge is -2.08. The first-order valence-electron chi connectivity index (χ1n) is 5.24. The molecule has 1 aromatic heterocycles. The van der Waals surface area contributed by atoms with Gasteiger partial charge in [0.05, 0.1) is 12.2 Å². The molecule has 4 nitrogen and oxygen atoms in total. The van der Waals surface area contributed by atoms with Crippen LogP contribution >= 0.6 is 0 Å². The number of aryl methyl sites for hydroxylation is 1. The van der Waals surface area contributed by atoms with Crippen LogP contribution < -0.4 is 5.32 Å². The Hall–Kier alpha value is -1.63. The Bertz CT molecular complexity index is 390. The SMILES string of the molecule is Cc1ccc(C(=O)NCCOCC(F)(F)F)cn1. The van der Waals surface area contributed by atoms with Gasteiger partial charge in [-0.2, -0.15) is 13.2 Å². The van der Waals surface area contributed by atoms with Crippen LogP contribution in [0.4, 0.5) is 13.2 Å². The summed E-state index contributed by atoms with van der Waals surface area (Å²) in [5.74, 6) is -0.391. The van der Waals surface area contributed by atoms with Crippen LogP contribution in [0.2, 0.25) is 0 Å². The van der Waals surface area contributed by atoms with E-state index < -0.39 is 18.7 Å². The number of carbonyl (C=O) groups is 1. The molecule has 0 radical (unpaired) electrons. The number of nitrogens with one attached hydrogen (secondary N) is 1. The standard InChI is InChI=1S/C11H13F3N2O2/c1-8-2-3-9(6-16-8)10(17)15-4-5-18-7-11(12,13)14/h2-3,6H,4-5,7H2,1H3,(H,15,17). The first-order valence-corrected chi connectivity index (χ1v) is 5.24. The highest BCUT2D eigenvalue weighted by Gasteiger charge is 2.27. The predicted molar refractivity (Wildman–Crippen MR) is 58.2 cm³/mol. The summed E-state index contributed by atoms with van der Waals surface area (Å²) >= 11 is 0. The molecule has 0 aliphatic carbocycles. The molecular weight excluding hydrogens is 249 g/mol. The molecule has 18 heavy (non-hydrogen) atoms. The van der Waals surface area contributed by atoms with Gasteiger partial charge in [0.15, 0.2) is 0 Å². The van der Waals surface area contributed by atoms with Crippen molar-refractivity contribution in [3.05, 3.63) is 29.6 Å². The van der Waals surface area contributed by atoms with Crippen LogP contribution in [-0.2, 0) is 4.74 Å². The third-order valence-corrected chi connectivity index (χ3v) is 1.97. The second-order valence-corrected chi connectivity index (χ2v) is 3.61. The van der Waals surface area contributed by atoms with Crippen molar-refractivity contribution in [3.63, 3.8) is 0 Å². The molecule has 0 saturated heterocycles. The largest absolute Gasteiger partial charge is 0.411 e. The molecule has 0 unspecified atom stereocenters. The summed E-state index contributed by atoms with van der Waals surface area (Å²) in [5.41, 5.74) is 1.14. The first kappa shape index (κ1) is 14.4. The molecule has 0 aromatic carbocycles. The Balaban J connectivity index is 2.24. The Kier molecular flexibility index (Phi) is 5.08. The molecule has 1 heterocycles. The summed E-state index contributed by atoms with van der Waals surface area (Å²) in [6.45, 7) is 0.301. The number of carbonyl (C=O) groups excluding carboxylic acids is 1. The van der Waals surface area contributed by atoms with Crippen LogP contribution in [0.3, 0.4) is 0 Å². The van der Waals surface area contributed by atoms with Crippen LogP contribution in [-0.4, -0.2) is 36.8 Å². The molecule has 1 aromatic rings. The number of aromatic nitrogens is 1. The van der Waals surface area contributed by atoms with Crippen molar-refractivity contribution in [2.24, 2.45) is 0 Å². The molecule has 0 aliphatic heterocycles. The molecular formula is C11H13F3N2O2. The summed E-state index contributed by atoms with van der Waals surface area (Å²) in [4.78, 5) is 15.4. The molecule has 0 bridgehead atoms. The van der Waals surface area contributed by atoms with Crippen LogP contribution in [0.15, 0.2) is 18.3 Å². The maximum absolute atomic E-state index is 11.7. The zero-order valence-electron chi connectivity index (χ0n) is 9.75. The summed E-state index contributed by atoms with van der Waals surface area (Å²) in [6.07, 6.45) is -2.94. The molecule has 0 atom stereocenters. The maximum Gasteiger partial charge on any atom is 0.411 e. The van der Waals surface area contributed by atoms with Crippen molar-refractivity contribution in [3.8, 4) is 0 Å². The van der Waals surface area contributed by atoms with Crippen molar-refractivity contribution in [2.45, 2.75) is 13.1 Å². The molecule has 0 fully saturated rings. The van der Waals surface area contributed by atoms with Gasteiger partial charge in [0, 0.05) is 18.4 Å². The average molecular weight is 262 g/mol. The Labute approximate surface area is 102 Å². The van der Waals surface area contributed by atoms with Gasteiger partial charge in [-0.25, -0.2) is 0 Å². The number of hydrogen-bond acceptors (Lipinski definition) is 3. The third kappa shape index (κ3) is 5.62. The Morgan fingerprint density at radius 2 is 2.17 bits per heavy atom.